The largest absolute Gasteiger partial charge is 0.357 e. The number of nitrogens with one attached hydrogen (secondary N) is 2. The molecule has 0 unspecified atom stereocenters. The first-order chi connectivity index (χ1) is 8.40. The summed E-state index contributed by atoms with van der Waals surface area (Å²) >= 11 is 1.66. The number of nitrogens with zero attached hydrogens (tertiary/aromatic N) is 2. The Balaban J connectivity index is 1.54. The molecule has 0 amide bonds. The summed E-state index contributed by atoms with van der Waals surface area (Å²) in [4.78, 5) is 0. The monoisotopic (exact) mass is 252 g/mol. The van der Waals surface area contributed by atoms with Crippen LogP contribution in [-0.4, -0.2) is 22.3 Å². The van der Waals surface area contributed by atoms with E-state index in [1.807, 2.05) is 0 Å². The van der Waals surface area contributed by atoms with Crippen LogP contribution in [0.25, 0.3) is 0 Å². The molecule has 2 saturated carbocycles. The van der Waals surface area contributed by atoms with Crippen molar-refractivity contribution in [3.8, 4) is 0 Å². The molecule has 0 radical (unpaired) electrons. The number of anilines is 2. The molecule has 1 heterocycles. The molecule has 17 heavy (non-hydrogen) atoms. The minimum absolute atomic E-state index is 0.627. The molecule has 0 bridgehead atoms. The molecule has 1 aromatic rings. The Morgan fingerprint density at radius 1 is 0.765 bits per heavy atom. The van der Waals surface area contributed by atoms with E-state index in [2.05, 4.69) is 20.8 Å². The van der Waals surface area contributed by atoms with Crippen molar-refractivity contribution >= 4 is 21.6 Å². The summed E-state index contributed by atoms with van der Waals surface area (Å²) in [5.41, 5.74) is 0. The molecule has 0 atom stereocenters. The van der Waals surface area contributed by atoms with E-state index in [4.69, 9.17) is 0 Å². The zero-order chi connectivity index (χ0) is 11.5. The Hall–Kier alpha value is -0.840. The summed E-state index contributed by atoms with van der Waals surface area (Å²) < 4.78 is 0. The maximum absolute atomic E-state index is 4.22. The van der Waals surface area contributed by atoms with Crippen molar-refractivity contribution in [3.05, 3.63) is 0 Å². The first kappa shape index (κ1) is 11.3. The molecule has 0 aromatic carbocycles. The highest BCUT2D eigenvalue weighted by Crippen LogP contribution is 2.28. The third kappa shape index (κ3) is 2.89. The van der Waals surface area contributed by atoms with Gasteiger partial charge >= 0.3 is 0 Å². The fraction of sp³-hybridized carbons (Fsp3) is 0.833. The highest BCUT2D eigenvalue weighted by Gasteiger charge is 2.18. The van der Waals surface area contributed by atoms with E-state index < -0.39 is 0 Å². The minimum atomic E-state index is 0.627. The summed E-state index contributed by atoms with van der Waals surface area (Å²) in [6.45, 7) is 0. The second-order valence-electron chi connectivity index (χ2n) is 5.16. The van der Waals surface area contributed by atoms with Gasteiger partial charge in [0.25, 0.3) is 0 Å². The number of aromatic nitrogens is 2. The van der Waals surface area contributed by atoms with Gasteiger partial charge in [0.2, 0.25) is 10.3 Å². The Morgan fingerprint density at radius 3 is 1.59 bits per heavy atom. The van der Waals surface area contributed by atoms with Crippen LogP contribution >= 0.6 is 11.3 Å². The molecule has 2 fully saturated rings. The van der Waals surface area contributed by atoms with Crippen molar-refractivity contribution < 1.29 is 0 Å². The van der Waals surface area contributed by atoms with E-state index in [-0.39, 0.29) is 0 Å². The van der Waals surface area contributed by atoms with Crippen LogP contribution in [0.1, 0.15) is 51.4 Å². The predicted octanol–water partition coefficient (Wildman–Crippen LogP) is 3.25. The Labute approximate surface area is 106 Å². The van der Waals surface area contributed by atoms with Crippen molar-refractivity contribution in [1.82, 2.24) is 10.2 Å². The molecule has 4 nitrogen and oxygen atoms in total. The van der Waals surface area contributed by atoms with Crippen LogP contribution in [0, 0.1) is 0 Å². The molecular formula is C12H20N4S. The lowest BCUT2D eigenvalue weighted by atomic mass is 10.3. The van der Waals surface area contributed by atoms with E-state index in [9.17, 15) is 0 Å². The van der Waals surface area contributed by atoms with E-state index >= 15 is 0 Å². The molecule has 2 aliphatic carbocycles. The first-order valence-electron chi connectivity index (χ1n) is 6.77. The van der Waals surface area contributed by atoms with E-state index in [1.165, 1.54) is 51.4 Å². The number of rotatable bonds is 4. The van der Waals surface area contributed by atoms with Crippen LogP contribution < -0.4 is 10.6 Å². The van der Waals surface area contributed by atoms with Crippen LogP contribution in [0.5, 0.6) is 0 Å². The quantitative estimate of drug-likeness (QED) is 0.863. The minimum Gasteiger partial charge on any atom is -0.357 e. The van der Waals surface area contributed by atoms with Gasteiger partial charge in [-0.3, -0.25) is 0 Å². The topological polar surface area (TPSA) is 49.8 Å². The summed E-state index contributed by atoms with van der Waals surface area (Å²) in [6, 6.07) is 1.25. The van der Waals surface area contributed by atoms with Crippen LogP contribution in [0.15, 0.2) is 0 Å². The summed E-state index contributed by atoms with van der Waals surface area (Å²) in [5, 5.41) is 17.4. The molecule has 0 spiro atoms. The Kier molecular flexibility index (Phi) is 3.45. The molecule has 5 heteroatoms. The zero-order valence-electron chi connectivity index (χ0n) is 10.1. The van der Waals surface area contributed by atoms with E-state index in [0.717, 1.165) is 10.3 Å². The third-order valence-corrected chi connectivity index (χ3v) is 4.58. The highest BCUT2D eigenvalue weighted by molar-refractivity contribution is 7.19. The van der Waals surface area contributed by atoms with Gasteiger partial charge in [-0.15, -0.1) is 10.2 Å². The molecule has 94 valence electrons. The van der Waals surface area contributed by atoms with Crippen LogP contribution in [0.4, 0.5) is 10.3 Å². The summed E-state index contributed by atoms with van der Waals surface area (Å²) in [6.07, 6.45) is 10.5. The summed E-state index contributed by atoms with van der Waals surface area (Å²) in [5.74, 6) is 0. The maximum Gasteiger partial charge on any atom is 0.207 e. The molecular weight excluding hydrogens is 232 g/mol. The van der Waals surface area contributed by atoms with Crippen LogP contribution in [0.3, 0.4) is 0 Å². The second-order valence-corrected chi connectivity index (χ2v) is 6.14. The van der Waals surface area contributed by atoms with Gasteiger partial charge in [0.1, 0.15) is 0 Å². The van der Waals surface area contributed by atoms with Crippen LogP contribution in [0.2, 0.25) is 0 Å². The van der Waals surface area contributed by atoms with Crippen molar-refractivity contribution in [2.24, 2.45) is 0 Å². The van der Waals surface area contributed by atoms with E-state index in [0.29, 0.717) is 12.1 Å². The fourth-order valence-corrected chi connectivity index (χ4v) is 3.63. The Morgan fingerprint density at radius 2 is 1.18 bits per heavy atom. The SMILES string of the molecule is C1CCC(Nc2nnc(NC3CCCC3)s2)C1. The van der Waals surface area contributed by atoms with Gasteiger partial charge in [0.05, 0.1) is 0 Å². The average molecular weight is 252 g/mol. The fourth-order valence-electron chi connectivity index (χ4n) is 2.83. The van der Waals surface area contributed by atoms with Crippen molar-refractivity contribution in [3.63, 3.8) is 0 Å². The summed E-state index contributed by atoms with van der Waals surface area (Å²) in [7, 11) is 0. The molecule has 2 aliphatic rings. The highest BCUT2D eigenvalue weighted by atomic mass is 32.1. The van der Waals surface area contributed by atoms with Gasteiger partial charge in [0.15, 0.2) is 0 Å². The number of hydrogen-bond acceptors (Lipinski definition) is 5. The lowest BCUT2D eigenvalue weighted by molar-refractivity contribution is 0.747. The van der Waals surface area contributed by atoms with E-state index in [1.54, 1.807) is 11.3 Å². The van der Waals surface area contributed by atoms with Gasteiger partial charge < -0.3 is 10.6 Å². The molecule has 1 aromatic heterocycles. The van der Waals surface area contributed by atoms with Crippen molar-refractivity contribution in [2.75, 3.05) is 10.6 Å². The second kappa shape index (κ2) is 5.21. The first-order valence-corrected chi connectivity index (χ1v) is 7.58. The molecule has 3 rings (SSSR count). The molecule has 0 saturated heterocycles. The maximum atomic E-state index is 4.22. The van der Waals surface area contributed by atoms with Gasteiger partial charge in [-0.1, -0.05) is 37.0 Å². The normalized spacial score (nSPS) is 22.1. The average Bonchev–Trinajstić information content (AvgIpc) is 3.02. The predicted molar refractivity (Wildman–Crippen MR) is 71.7 cm³/mol. The zero-order valence-corrected chi connectivity index (χ0v) is 10.9. The van der Waals surface area contributed by atoms with Gasteiger partial charge in [-0.25, -0.2) is 0 Å². The molecule has 0 aliphatic heterocycles. The number of hydrogen-bond donors (Lipinski definition) is 2. The lowest BCUT2D eigenvalue weighted by Crippen LogP contribution is -2.14. The third-order valence-electron chi connectivity index (χ3n) is 3.79. The Bertz CT molecular complexity index is 321. The van der Waals surface area contributed by atoms with Crippen LogP contribution in [-0.2, 0) is 0 Å². The lowest BCUT2D eigenvalue weighted by Gasteiger charge is -2.09. The van der Waals surface area contributed by atoms with Crippen molar-refractivity contribution in [2.45, 2.75) is 63.5 Å². The van der Waals surface area contributed by atoms with Gasteiger partial charge in [-0.05, 0) is 25.7 Å². The van der Waals surface area contributed by atoms with Gasteiger partial charge in [-0.2, -0.15) is 0 Å². The molecule has 2 N–H and O–H groups in total. The standard InChI is InChI=1S/C12H20N4S/c1-2-6-9(5-1)13-11-15-16-12(17-11)14-10-7-3-4-8-10/h9-10H,1-8H2,(H,13,15)(H,14,16). The smallest absolute Gasteiger partial charge is 0.207 e. The van der Waals surface area contributed by atoms with Crippen molar-refractivity contribution in [1.29, 1.82) is 0 Å². The van der Waals surface area contributed by atoms with Gasteiger partial charge in [0, 0.05) is 12.1 Å².